The molecule has 0 saturated carbocycles. The van der Waals surface area contributed by atoms with Gasteiger partial charge < -0.3 is 10.1 Å². The van der Waals surface area contributed by atoms with E-state index in [1.165, 1.54) is 41.2 Å². The highest BCUT2D eigenvalue weighted by molar-refractivity contribution is 7.92. The van der Waals surface area contributed by atoms with Crippen molar-refractivity contribution in [1.82, 2.24) is 5.32 Å². The smallest absolute Gasteiger partial charge is 0.338 e. The summed E-state index contributed by atoms with van der Waals surface area (Å²) in [5.74, 6) is -1.09. The first-order valence-electron chi connectivity index (χ1n) is 10.9. The summed E-state index contributed by atoms with van der Waals surface area (Å²) in [6, 6.07) is 24.0. The predicted octanol–water partition coefficient (Wildman–Crippen LogP) is 3.81. The van der Waals surface area contributed by atoms with Gasteiger partial charge in [0.15, 0.2) is 6.61 Å². The van der Waals surface area contributed by atoms with Crippen LogP contribution in [0.4, 0.5) is 5.69 Å². The Morgan fingerprint density at radius 3 is 2.12 bits per heavy atom. The molecular weight excluding hydrogens is 452 g/mol. The Bertz CT molecular complexity index is 1200. The van der Waals surface area contributed by atoms with E-state index in [9.17, 15) is 18.0 Å². The van der Waals surface area contributed by atoms with E-state index in [2.05, 4.69) is 5.32 Å². The lowest BCUT2D eigenvalue weighted by atomic mass is 10.1. The fourth-order valence-electron chi connectivity index (χ4n) is 3.33. The zero-order valence-electron chi connectivity index (χ0n) is 19.2. The van der Waals surface area contributed by atoms with Gasteiger partial charge in [-0.1, -0.05) is 48.5 Å². The number of aryl methyl sites for hydroxylation is 1. The number of carbonyl (C=O) groups excluding carboxylic acids is 2. The summed E-state index contributed by atoms with van der Waals surface area (Å²) in [6.07, 6.45) is 1.59. The van der Waals surface area contributed by atoms with Gasteiger partial charge in [-0.3, -0.25) is 9.10 Å². The van der Waals surface area contributed by atoms with Gasteiger partial charge in [-0.25, -0.2) is 13.2 Å². The van der Waals surface area contributed by atoms with Crippen molar-refractivity contribution in [2.45, 2.75) is 30.7 Å². The summed E-state index contributed by atoms with van der Waals surface area (Å²) in [6.45, 7) is 1.49. The summed E-state index contributed by atoms with van der Waals surface area (Å²) in [5.41, 5.74) is 1.87. The number of amides is 1. The lowest BCUT2D eigenvalue weighted by molar-refractivity contribution is -0.124. The normalized spacial score (nSPS) is 11.9. The van der Waals surface area contributed by atoms with Crippen LogP contribution in [0.5, 0.6) is 0 Å². The van der Waals surface area contributed by atoms with Crippen LogP contribution in [0.25, 0.3) is 0 Å². The van der Waals surface area contributed by atoms with Crippen LogP contribution in [0.1, 0.15) is 29.3 Å². The van der Waals surface area contributed by atoms with Gasteiger partial charge in [-0.05, 0) is 61.7 Å². The average Bonchev–Trinajstić information content (AvgIpc) is 2.86. The van der Waals surface area contributed by atoms with Crippen LogP contribution >= 0.6 is 0 Å². The molecule has 1 amide bonds. The maximum absolute atomic E-state index is 12.8. The van der Waals surface area contributed by atoms with Gasteiger partial charge in [0.05, 0.1) is 16.1 Å². The first-order valence-corrected chi connectivity index (χ1v) is 12.4. The number of benzene rings is 3. The van der Waals surface area contributed by atoms with E-state index in [1.807, 2.05) is 37.3 Å². The third-order valence-electron chi connectivity index (χ3n) is 5.32. The number of nitrogens with zero attached hydrogens (tertiary/aromatic N) is 1. The zero-order chi connectivity index (χ0) is 24.6. The summed E-state index contributed by atoms with van der Waals surface area (Å²) in [7, 11) is -2.32. The highest BCUT2D eigenvalue weighted by atomic mass is 32.2. The molecule has 0 bridgehead atoms. The number of esters is 1. The molecule has 0 aromatic heterocycles. The average molecular weight is 481 g/mol. The Morgan fingerprint density at radius 1 is 0.912 bits per heavy atom. The minimum atomic E-state index is -3.78. The number of nitrogens with one attached hydrogen (secondary N) is 1. The monoisotopic (exact) mass is 480 g/mol. The van der Waals surface area contributed by atoms with Crippen LogP contribution in [-0.4, -0.2) is 40.0 Å². The van der Waals surface area contributed by atoms with Gasteiger partial charge in [0.25, 0.3) is 15.9 Å². The summed E-state index contributed by atoms with van der Waals surface area (Å²) < 4.78 is 31.9. The minimum absolute atomic E-state index is 0.0420. The molecule has 0 heterocycles. The van der Waals surface area contributed by atoms with Crippen LogP contribution in [-0.2, 0) is 26.0 Å². The fraction of sp³-hybridized carbons (Fsp3) is 0.231. The first-order chi connectivity index (χ1) is 16.3. The summed E-state index contributed by atoms with van der Waals surface area (Å²) in [4.78, 5) is 24.5. The molecule has 0 unspecified atom stereocenters. The highest BCUT2D eigenvalue weighted by Gasteiger charge is 2.22. The van der Waals surface area contributed by atoms with Crippen molar-refractivity contribution in [3.05, 3.63) is 96.1 Å². The number of anilines is 1. The number of para-hydroxylation sites is 1. The zero-order valence-corrected chi connectivity index (χ0v) is 20.0. The molecule has 8 heteroatoms. The largest absolute Gasteiger partial charge is 0.452 e. The molecule has 0 radical (unpaired) electrons. The van der Waals surface area contributed by atoms with Gasteiger partial charge in [0.2, 0.25) is 0 Å². The standard InChI is InChI=1S/C26H28N2O5S/c1-20(13-14-21-9-5-3-6-10-21)27-25(29)19-33-26(30)22-15-17-24(18-16-22)34(31,32)28(2)23-11-7-4-8-12-23/h3-12,15-18,20H,13-14,19H2,1-2H3,(H,27,29)/t20-/m0/s1. The van der Waals surface area contributed by atoms with E-state index in [0.717, 1.165) is 12.8 Å². The molecule has 0 aliphatic rings. The minimum Gasteiger partial charge on any atom is -0.452 e. The van der Waals surface area contributed by atoms with Gasteiger partial charge in [0, 0.05) is 13.1 Å². The quantitative estimate of drug-likeness (QED) is 0.446. The van der Waals surface area contributed by atoms with E-state index in [0.29, 0.717) is 5.69 Å². The van der Waals surface area contributed by atoms with Gasteiger partial charge in [-0.2, -0.15) is 0 Å². The van der Waals surface area contributed by atoms with Crippen molar-refractivity contribution in [1.29, 1.82) is 0 Å². The second kappa shape index (κ2) is 11.5. The van der Waals surface area contributed by atoms with E-state index in [4.69, 9.17) is 4.74 Å². The third-order valence-corrected chi connectivity index (χ3v) is 7.12. The molecule has 34 heavy (non-hydrogen) atoms. The van der Waals surface area contributed by atoms with E-state index >= 15 is 0 Å². The third kappa shape index (κ3) is 6.68. The Labute approximate surface area is 200 Å². The van der Waals surface area contributed by atoms with E-state index < -0.39 is 28.5 Å². The number of sulfonamides is 1. The van der Waals surface area contributed by atoms with Crippen LogP contribution < -0.4 is 9.62 Å². The molecule has 3 aromatic carbocycles. The summed E-state index contributed by atoms with van der Waals surface area (Å²) in [5, 5.41) is 2.81. The second-order valence-corrected chi connectivity index (χ2v) is 9.87. The fourth-order valence-corrected chi connectivity index (χ4v) is 4.52. The number of carbonyl (C=O) groups is 2. The molecule has 178 valence electrons. The maximum Gasteiger partial charge on any atom is 0.338 e. The Morgan fingerprint density at radius 2 is 1.50 bits per heavy atom. The highest BCUT2D eigenvalue weighted by Crippen LogP contribution is 2.22. The maximum atomic E-state index is 12.8. The molecule has 3 rings (SSSR count). The van der Waals surface area contributed by atoms with Crippen LogP contribution in [0.2, 0.25) is 0 Å². The molecule has 1 atom stereocenters. The van der Waals surface area contributed by atoms with Crippen molar-refractivity contribution in [2.24, 2.45) is 0 Å². The summed E-state index contributed by atoms with van der Waals surface area (Å²) >= 11 is 0. The van der Waals surface area contributed by atoms with Gasteiger partial charge in [0.1, 0.15) is 0 Å². The number of hydrogen-bond donors (Lipinski definition) is 1. The van der Waals surface area contributed by atoms with Crippen molar-refractivity contribution >= 4 is 27.6 Å². The lowest BCUT2D eigenvalue weighted by Crippen LogP contribution is -2.36. The number of rotatable bonds is 10. The SMILES string of the molecule is C[C@@H](CCc1ccccc1)NC(=O)COC(=O)c1ccc(S(=O)(=O)N(C)c2ccccc2)cc1. The van der Waals surface area contributed by atoms with Crippen molar-refractivity contribution < 1.29 is 22.7 Å². The van der Waals surface area contributed by atoms with Crippen LogP contribution in [0, 0.1) is 0 Å². The molecule has 3 aromatic rings. The second-order valence-electron chi connectivity index (χ2n) is 7.90. The predicted molar refractivity (Wildman–Crippen MR) is 131 cm³/mol. The molecular formula is C26H28N2O5S. The molecule has 0 fully saturated rings. The molecule has 0 spiro atoms. The van der Waals surface area contributed by atoms with E-state index in [1.54, 1.807) is 30.3 Å². The van der Waals surface area contributed by atoms with Gasteiger partial charge >= 0.3 is 5.97 Å². The van der Waals surface area contributed by atoms with Crippen molar-refractivity contribution in [3.63, 3.8) is 0 Å². The van der Waals surface area contributed by atoms with Crippen LogP contribution in [0.15, 0.2) is 89.8 Å². The van der Waals surface area contributed by atoms with Crippen LogP contribution in [0.3, 0.4) is 0 Å². The molecule has 0 aliphatic heterocycles. The topological polar surface area (TPSA) is 92.8 Å². The molecule has 1 N–H and O–H groups in total. The lowest BCUT2D eigenvalue weighted by Gasteiger charge is -2.19. The Balaban J connectivity index is 1.50. The molecule has 7 nitrogen and oxygen atoms in total. The molecule has 0 aliphatic carbocycles. The Kier molecular flexibility index (Phi) is 8.43. The van der Waals surface area contributed by atoms with E-state index in [-0.39, 0.29) is 16.5 Å². The molecule has 0 saturated heterocycles. The Hall–Kier alpha value is -3.65. The van der Waals surface area contributed by atoms with Crippen molar-refractivity contribution in [3.8, 4) is 0 Å². The van der Waals surface area contributed by atoms with Gasteiger partial charge in [-0.15, -0.1) is 0 Å². The van der Waals surface area contributed by atoms with Crippen molar-refractivity contribution in [2.75, 3.05) is 18.0 Å². The number of ether oxygens (including phenoxy) is 1. The number of hydrogen-bond acceptors (Lipinski definition) is 5. The first kappa shape index (κ1) is 25.0.